The van der Waals surface area contributed by atoms with Crippen molar-refractivity contribution in [3.8, 4) is 5.75 Å². The SMILES string of the molecule is COc1ccc(NCC(=O)N2CCN(c3cccc(C)c3)CC2)cc1. The smallest absolute Gasteiger partial charge is 0.241 e. The van der Waals surface area contributed by atoms with Crippen LogP contribution < -0.4 is 15.0 Å². The molecule has 1 aliphatic heterocycles. The molecular formula is C20H25N3O2. The molecule has 132 valence electrons. The van der Waals surface area contributed by atoms with Crippen LogP contribution in [-0.2, 0) is 4.79 Å². The summed E-state index contributed by atoms with van der Waals surface area (Å²) >= 11 is 0. The fraction of sp³-hybridized carbons (Fsp3) is 0.350. The summed E-state index contributed by atoms with van der Waals surface area (Å²) in [6.45, 7) is 5.69. The average Bonchev–Trinajstić information content (AvgIpc) is 2.66. The Morgan fingerprint density at radius 1 is 1.08 bits per heavy atom. The minimum Gasteiger partial charge on any atom is -0.497 e. The molecule has 1 fully saturated rings. The van der Waals surface area contributed by atoms with Gasteiger partial charge in [-0.2, -0.15) is 0 Å². The van der Waals surface area contributed by atoms with Crippen LogP contribution in [0.15, 0.2) is 48.5 Å². The monoisotopic (exact) mass is 339 g/mol. The number of amides is 1. The Labute approximate surface area is 149 Å². The lowest BCUT2D eigenvalue weighted by Crippen LogP contribution is -2.50. The normalized spacial score (nSPS) is 14.3. The van der Waals surface area contributed by atoms with E-state index in [1.807, 2.05) is 29.2 Å². The maximum absolute atomic E-state index is 12.4. The van der Waals surface area contributed by atoms with Crippen molar-refractivity contribution in [3.05, 3.63) is 54.1 Å². The lowest BCUT2D eigenvalue weighted by Gasteiger charge is -2.36. The van der Waals surface area contributed by atoms with Gasteiger partial charge in [-0.1, -0.05) is 12.1 Å². The fourth-order valence-electron chi connectivity index (χ4n) is 3.04. The number of ether oxygens (including phenoxy) is 1. The van der Waals surface area contributed by atoms with Crippen LogP contribution in [-0.4, -0.2) is 50.6 Å². The molecule has 0 saturated carbocycles. The highest BCUT2D eigenvalue weighted by molar-refractivity contribution is 5.81. The number of piperazine rings is 1. The van der Waals surface area contributed by atoms with Crippen LogP contribution in [0.25, 0.3) is 0 Å². The van der Waals surface area contributed by atoms with Crippen molar-refractivity contribution in [3.63, 3.8) is 0 Å². The van der Waals surface area contributed by atoms with Gasteiger partial charge in [0, 0.05) is 37.6 Å². The molecule has 2 aromatic rings. The quantitative estimate of drug-likeness (QED) is 0.910. The zero-order valence-corrected chi connectivity index (χ0v) is 14.9. The Kier molecular flexibility index (Phi) is 5.43. The zero-order valence-electron chi connectivity index (χ0n) is 14.9. The highest BCUT2D eigenvalue weighted by Crippen LogP contribution is 2.18. The minimum atomic E-state index is 0.139. The molecular weight excluding hydrogens is 314 g/mol. The van der Waals surface area contributed by atoms with Gasteiger partial charge >= 0.3 is 0 Å². The Morgan fingerprint density at radius 2 is 1.80 bits per heavy atom. The second-order valence-electron chi connectivity index (χ2n) is 6.29. The van der Waals surface area contributed by atoms with E-state index in [1.165, 1.54) is 11.3 Å². The lowest BCUT2D eigenvalue weighted by atomic mass is 10.2. The topological polar surface area (TPSA) is 44.8 Å². The van der Waals surface area contributed by atoms with Crippen LogP contribution in [0.4, 0.5) is 11.4 Å². The largest absolute Gasteiger partial charge is 0.497 e. The number of carbonyl (C=O) groups is 1. The summed E-state index contributed by atoms with van der Waals surface area (Å²) in [5.74, 6) is 0.948. The van der Waals surface area contributed by atoms with Crippen LogP contribution >= 0.6 is 0 Å². The number of nitrogens with zero attached hydrogens (tertiary/aromatic N) is 2. The van der Waals surface area contributed by atoms with Crippen LogP contribution in [0.3, 0.4) is 0 Å². The number of benzene rings is 2. The molecule has 1 heterocycles. The summed E-state index contributed by atoms with van der Waals surface area (Å²) < 4.78 is 5.14. The number of hydrogen-bond acceptors (Lipinski definition) is 4. The third-order valence-corrected chi connectivity index (χ3v) is 4.53. The summed E-state index contributed by atoms with van der Waals surface area (Å²) in [4.78, 5) is 16.7. The number of hydrogen-bond donors (Lipinski definition) is 1. The molecule has 0 aromatic heterocycles. The standard InChI is InChI=1S/C20H25N3O2/c1-16-4-3-5-18(14-16)22-10-12-23(13-11-22)20(24)15-21-17-6-8-19(25-2)9-7-17/h3-9,14,21H,10-13,15H2,1-2H3. The Hall–Kier alpha value is -2.69. The van der Waals surface area contributed by atoms with Crippen molar-refractivity contribution in [2.75, 3.05) is 50.1 Å². The van der Waals surface area contributed by atoms with Gasteiger partial charge in [-0.15, -0.1) is 0 Å². The van der Waals surface area contributed by atoms with Crippen molar-refractivity contribution < 1.29 is 9.53 Å². The van der Waals surface area contributed by atoms with E-state index in [9.17, 15) is 4.79 Å². The van der Waals surface area contributed by atoms with E-state index >= 15 is 0 Å². The molecule has 0 bridgehead atoms. The van der Waals surface area contributed by atoms with Gasteiger partial charge < -0.3 is 19.9 Å². The second kappa shape index (κ2) is 7.92. The summed E-state index contributed by atoms with van der Waals surface area (Å²) in [6.07, 6.45) is 0. The van der Waals surface area contributed by atoms with Crippen LogP contribution in [0, 0.1) is 6.92 Å². The number of rotatable bonds is 5. The summed E-state index contributed by atoms with van der Waals surface area (Å²) in [6, 6.07) is 16.1. The van der Waals surface area contributed by atoms with Crippen molar-refractivity contribution >= 4 is 17.3 Å². The highest BCUT2D eigenvalue weighted by Gasteiger charge is 2.21. The van der Waals surface area contributed by atoms with E-state index in [4.69, 9.17) is 4.74 Å². The molecule has 5 nitrogen and oxygen atoms in total. The van der Waals surface area contributed by atoms with Gasteiger partial charge in [0.15, 0.2) is 0 Å². The van der Waals surface area contributed by atoms with Gasteiger partial charge in [0.25, 0.3) is 0 Å². The van der Waals surface area contributed by atoms with Gasteiger partial charge in [-0.05, 0) is 48.9 Å². The molecule has 0 atom stereocenters. The third-order valence-electron chi connectivity index (χ3n) is 4.53. The molecule has 5 heteroatoms. The van der Waals surface area contributed by atoms with Gasteiger partial charge in [0.2, 0.25) is 5.91 Å². The first-order chi connectivity index (χ1) is 12.2. The van der Waals surface area contributed by atoms with Crippen molar-refractivity contribution in [2.24, 2.45) is 0 Å². The molecule has 3 rings (SSSR count). The molecule has 1 aliphatic rings. The van der Waals surface area contributed by atoms with E-state index in [1.54, 1.807) is 7.11 Å². The summed E-state index contributed by atoms with van der Waals surface area (Å²) in [5.41, 5.74) is 3.43. The first-order valence-electron chi connectivity index (χ1n) is 8.63. The predicted octanol–water partition coefficient (Wildman–Crippen LogP) is 2.76. The molecule has 2 aromatic carbocycles. The van der Waals surface area contributed by atoms with Gasteiger partial charge in [-0.3, -0.25) is 4.79 Å². The lowest BCUT2D eigenvalue weighted by molar-refractivity contribution is -0.129. The maximum atomic E-state index is 12.4. The Balaban J connectivity index is 1.48. The maximum Gasteiger partial charge on any atom is 0.241 e. The fourth-order valence-corrected chi connectivity index (χ4v) is 3.04. The van der Waals surface area contributed by atoms with Crippen LogP contribution in [0.1, 0.15) is 5.56 Å². The number of anilines is 2. The average molecular weight is 339 g/mol. The number of carbonyl (C=O) groups excluding carboxylic acids is 1. The Bertz CT molecular complexity index is 707. The molecule has 0 radical (unpaired) electrons. The molecule has 0 aliphatic carbocycles. The second-order valence-corrected chi connectivity index (χ2v) is 6.29. The molecule has 0 spiro atoms. The van der Waals surface area contributed by atoms with E-state index in [-0.39, 0.29) is 5.91 Å². The van der Waals surface area contributed by atoms with E-state index in [0.717, 1.165) is 37.6 Å². The van der Waals surface area contributed by atoms with Crippen LogP contribution in [0.2, 0.25) is 0 Å². The van der Waals surface area contributed by atoms with Gasteiger partial charge in [-0.25, -0.2) is 0 Å². The molecule has 0 unspecified atom stereocenters. The minimum absolute atomic E-state index is 0.139. The number of aryl methyl sites for hydroxylation is 1. The summed E-state index contributed by atoms with van der Waals surface area (Å²) in [5, 5.41) is 3.18. The van der Waals surface area contributed by atoms with Crippen molar-refractivity contribution in [1.29, 1.82) is 0 Å². The first kappa shape index (κ1) is 17.1. The van der Waals surface area contributed by atoms with Crippen molar-refractivity contribution in [1.82, 2.24) is 4.90 Å². The van der Waals surface area contributed by atoms with E-state index in [0.29, 0.717) is 6.54 Å². The van der Waals surface area contributed by atoms with Crippen molar-refractivity contribution in [2.45, 2.75) is 6.92 Å². The van der Waals surface area contributed by atoms with Gasteiger partial charge in [0.1, 0.15) is 5.75 Å². The van der Waals surface area contributed by atoms with E-state index < -0.39 is 0 Å². The van der Waals surface area contributed by atoms with Gasteiger partial charge in [0.05, 0.1) is 13.7 Å². The highest BCUT2D eigenvalue weighted by atomic mass is 16.5. The number of methoxy groups -OCH3 is 1. The predicted molar refractivity (Wildman–Crippen MR) is 101 cm³/mol. The molecule has 25 heavy (non-hydrogen) atoms. The van der Waals surface area contributed by atoms with E-state index in [2.05, 4.69) is 41.4 Å². The molecule has 1 N–H and O–H groups in total. The first-order valence-corrected chi connectivity index (χ1v) is 8.63. The Morgan fingerprint density at radius 3 is 2.44 bits per heavy atom. The number of nitrogens with one attached hydrogen (secondary N) is 1. The van der Waals surface area contributed by atoms with Crippen LogP contribution in [0.5, 0.6) is 5.75 Å². The summed E-state index contributed by atoms with van der Waals surface area (Å²) in [7, 11) is 1.64. The zero-order chi connectivity index (χ0) is 17.6. The molecule has 1 amide bonds. The molecule has 1 saturated heterocycles. The third kappa shape index (κ3) is 4.44.